The SMILES string of the molecule is CCCC1=CC(=NCc2ccc(C)cc2)NNC1.COC. The third-order valence-corrected chi connectivity index (χ3v) is 3.00. The maximum Gasteiger partial charge on any atom is 0.135 e. The molecule has 0 aliphatic carbocycles. The Hall–Kier alpha value is -1.65. The number of hydrogen-bond donors (Lipinski definition) is 2. The van der Waals surface area contributed by atoms with Crippen LogP contribution in [0.5, 0.6) is 0 Å². The lowest BCUT2D eigenvalue weighted by atomic mass is 10.1. The van der Waals surface area contributed by atoms with Crippen molar-refractivity contribution in [3.63, 3.8) is 0 Å². The van der Waals surface area contributed by atoms with E-state index in [1.165, 1.54) is 23.1 Å². The largest absolute Gasteiger partial charge is 0.388 e. The molecule has 1 aromatic carbocycles. The van der Waals surface area contributed by atoms with Crippen LogP contribution in [-0.2, 0) is 11.3 Å². The Kier molecular flexibility index (Phi) is 8.40. The molecule has 0 saturated carbocycles. The molecule has 1 heterocycles. The predicted octanol–water partition coefficient (Wildman–Crippen LogP) is 2.99. The summed E-state index contributed by atoms with van der Waals surface area (Å²) in [6.07, 6.45) is 4.48. The van der Waals surface area contributed by atoms with Gasteiger partial charge in [0.2, 0.25) is 0 Å². The van der Waals surface area contributed by atoms with Gasteiger partial charge in [0.05, 0.1) is 6.54 Å². The molecular weight excluding hydrogens is 262 g/mol. The normalized spacial score (nSPS) is 15.8. The van der Waals surface area contributed by atoms with Crippen molar-refractivity contribution in [2.45, 2.75) is 33.2 Å². The summed E-state index contributed by atoms with van der Waals surface area (Å²) in [6.45, 7) is 5.94. The van der Waals surface area contributed by atoms with Gasteiger partial charge in [0.1, 0.15) is 5.84 Å². The summed E-state index contributed by atoms with van der Waals surface area (Å²) in [6, 6.07) is 8.51. The van der Waals surface area contributed by atoms with Crippen molar-refractivity contribution in [2.75, 3.05) is 20.8 Å². The molecule has 0 unspecified atom stereocenters. The average molecular weight is 289 g/mol. The summed E-state index contributed by atoms with van der Waals surface area (Å²) in [5, 5.41) is 0. The van der Waals surface area contributed by atoms with Crippen LogP contribution in [0.1, 0.15) is 30.9 Å². The van der Waals surface area contributed by atoms with Gasteiger partial charge in [0, 0.05) is 20.8 Å². The maximum atomic E-state index is 4.58. The van der Waals surface area contributed by atoms with Crippen molar-refractivity contribution in [1.29, 1.82) is 0 Å². The molecule has 116 valence electrons. The van der Waals surface area contributed by atoms with E-state index in [4.69, 9.17) is 0 Å². The van der Waals surface area contributed by atoms with Crippen molar-refractivity contribution in [3.8, 4) is 0 Å². The number of nitrogens with zero attached hydrogens (tertiary/aromatic N) is 1. The van der Waals surface area contributed by atoms with E-state index in [-0.39, 0.29) is 0 Å². The Labute approximate surface area is 128 Å². The van der Waals surface area contributed by atoms with Gasteiger partial charge < -0.3 is 10.2 Å². The number of nitrogens with one attached hydrogen (secondary N) is 2. The zero-order valence-corrected chi connectivity index (χ0v) is 13.6. The van der Waals surface area contributed by atoms with Gasteiger partial charge in [0.25, 0.3) is 0 Å². The number of benzene rings is 1. The highest BCUT2D eigenvalue weighted by molar-refractivity contribution is 5.93. The van der Waals surface area contributed by atoms with E-state index in [1.54, 1.807) is 14.2 Å². The minimum Gasteiger partial charge on any atom is -0.388 e. The van der Waals surface area contributed by atoms with Gasteiger partial charge in [-0.3, -0.25) is 4.99 Å². The van der Waals surface area contributed by atoms with Crippen molar-refractivity contribution < 1.29 is 4.74 Å². The zero-order valence-electron chi connectivity index (χ0n) is 13.6. The standard InChI is InChI=1S/C15H21N3.C2H6O/c1-3-4-14-9-15(18-17-11-14)16-10-13-7-5-12(2)6-8-13;1-3-2/h5-9,17H,3-4,10-11H2,1-2H3,(H,16,18);1-2H3. The zero-order chi connectivity index (χ0) is 15.5. The summed E-state index contributed by atoms with van der Waals surface area (Å²) < 4.78 is 4.25. The molecule has 1 aliphatic heterocycles. The summed E-state index contributed by atoms with van der Waals surface area (Å²) in [5.74, 6) is 0.935. The minimum atomic E-state index is 0.722. The third-order valence-electron chi connectivity index (χ3n) is 3.00. The molecule has 0 atom stereocenters. The van der Waals surface area contributed by atoms with E-state index in [0.29, 0.717) is 0 Å². The summed E-state index contributed by atoms with van der Waals surface area (Å²) in [7, 11) is 3.25. The van der Waals surface area contributed by atoms with Gasteiger partial charge >= 0.3 is 0 Å². The molecule has 21 heavy (non-hydrogen) atoms. The summed E-state index contributed by atoms with van der Waals surface area (Å²) in [5.41, 5.74) is 10.2. The second kappa shape index (κ2) is 10.1. The van der Waals surface area contributed by atoms with Gasteiger partial charge in [0.15, 0.2) is 0 Å². The molecule has 4 heteroatoms. The molecule has 1 aromatic rings. The van der Waals surface area contributed by atoms with Crippen LogP contribution in [0.15, 0.2) is 40.9 Å². The lowest BCUT2D eigenvalue weighted by Gasteiger charge is -2.17. The molecular formula is C17H27N3O. The fraction of sp³-hybridized carbons (Fsp3) is 0.471. The van der Waals surface area contributed by atoms with Crippen LogP contribution in [0.4, 0.5) is 0 Å². The first-order chi connectivity index (χ1) is 10.2. The first-order valence-electron chi connectivity index (χ1n) is 7.38. The van der Waals surface area contributed by atoms with Crippen LogP contribution in [-0.4, -0.2) is 26.6 Å². The Bertz CT molecular complexity index is 463. The second-order valence-corrected chi connectivity index (χ2v) is 5.13. The molecule has 2 rings (SSSR count). The number of rotatable bonds is 4. The first-order valence-corrected chi connectivity index (χ1v) is 7.38. The van der Waals surface area contributed by atoms with E-state index >= 15 is 0 Å². The molecule has 1 aliphatic rings. The fourth-order valence-corrected chi connectivity index (χ4v) is 1.97. The molecule has 0 radical (unpaired) electrons. The van der Waals surface area contributed by atoms with E-state index in [9.17, 15) is 0 Å². The topological polar surface area (TPSA) is 45.7 Å². The highest BCUT2D eigenvalue weighted by Gasteiger charge is 2.05. The maximum absolute atomic E-state index is 4.58. The van der Waals surface area contributed by atoms with Gasteiger partial charge in [-0.2, -0.15) is 0 Å². The number of methoxy groups -OCH3 is 1. The molecule has 0 fully saturated rings. The van der Waals surface area contributed by atoms with Crippen molar-refractivity contribution in [2.24, 2.45) is 4.99 Å². The molecule has 0 saturated heterocycles. The second-order valence-electron chi connectivity index (χ2n) is 5.13. The van der Waals surface area contributed by atoms with Crippen molar-refractivity contribution in [1.82, 2.24) is 10.9 Å². The van der Waals surface area contributed by atoms with Crippen LogP contribution in [0.3, 0.4) is 0 Å². The predicted molar refractivity (Wildman–Crippen MR) is 89.4 cm³/mol. The number of ether oxygens (including phenoxy) is 1. The van der Waals surface area contributed by atoms with E-state index < -0.39 is 0 Å². The quantitative estimate of drug-likeness (QED) is 0.895. The Morgan fingerprint density at radius 3 is 2.48 bits per heavy atom. The number of hydrazine groups is 1. The first kappa shape index (κ1) is 17.4. The van der Waals surface area contributed by atoms with Crippen LogP contribution in [0.2, 0.25) is 0 Å². The van der Waals surface area contributed by atoms with Gasteiger partial charge in [-0.25, -0.2) is 5.43 Å². The molecule has 2 N–H and O–H groups in total. The molecule has 4 nitrogen and oxygen atoms in total. The van der Waals surface area contributed by atoms with Gasteiger partial charge in [-0.05, 0) is 25.0 Å². The number of aryl methyl sites for hydroxylation is 1. The van der Waals surface area contributed by atoms with Gasteiger partial charge in [-0.15, -0.1) is 0 Å². The third kappa shape index (κ3) is 7.06. The monoisotopic (exact) mass is 289 g/mol. The van der Waals surface area contributed by atoms with Crippen LogP contribution in [0, 0.1) is 6.92 Å². The molecule has 0 spiro atoms. The van der Waals surface area contributed by atoms with Gasteiger partial charge in [-0.1, -0.05) is 48.7 Å². The minimum absolute atomic E-state index is 0.722. The highest BCUT2D eigenvalue weighted by atomic mass is 16.4. The fourth-order valence-electron chi connectivity index (χ4n) is 1.97. The number of aliphatic imine (C=N–C) groups is 1. The lowest BCUT2D eigenvalue weighted by Crippen LogP contribution is -2.41. The van der Waals surface area contributed by atoms with Crippen molar-refractivity contribution >= 4 is 5.84 Å². The van der Waals surface area contributed by atoms with E-state index in [0.717, 1.165) is 25.3 Å². The van der Waals surface area contributed by atoms with E-state index in [2.05, 4.69) is 64.8 Å². The summed E-state index contributed by atoms with van der Waals surface area (Å²) >= 11 is 0. The van der Waals surface area contributed by atoms with Crippen LogP contribution in [0.25, 0.3) is 0 Å². The Balaban J connectivity index is 0.000000677. The van der Waals surface area contributed by atoms with Crippen LogP contribution < -0.4 is 10.9 Å². The number of amidine groups is 1. The van der Waals surface area contributed by atoms with E-state index in [1.807, 2.05) is 0 Å². The molecule has 0 amide bonds. The van der Waals surface area contributed by atoms with Crippen LogP contribution >= 0.6 is 0 Å². The number of hydrogen-bond acceptors (Lipinski definition) is 3. The summed E-state index contributed by atoms with van der Waals surface area (Å²) in [4.78, 5) is 4.58. The Morgan fingerprint density at radius 2 is 1.86 bits per heavy atom. The molecule has 0 bridgehead atoms. The average Bonchev–Trinajstić information content (AvgIpc) is 2.48. The molecule has 0 aromatic heterocycles. The smallest absolute Gasteiger partial charge is 0.135 e. The highest BCUT2D eigenvalue weighted by Crippen LogP contribution is 2.08. The lowest BCUT2D eigenvalue weighted by molar-refractivity contribution is 0.277. The Morgan fingerprint density at radius 1 is 1.19 bits per heavy atom. The van der Waals surface area contributed by atoms with Crippen molar-refractivity contribution in [3.05, 3.63) is 47.0 Å².